The van der Waals surface area contributed by atoms with Crippen molar-refractivity contribution in [2.24, 2.45) is 5.73 Å². The van der Waals surface area contributed by atoms with Crippen molar-refractivity contribution >= 4 is 23.0 Å². The summed E-state index contributed by atoms with van der Waals surface area (Å²) < 4.78 is 0. The molecule has 0 bridgehead atoms. The summed E-state index contributed by atoms with van der Waals surface area (Å²) in [7, 11) is 0. The number of hydrogen-bond acceptors (Lipinski definition) is 2. The molecule has 16 heavy (non-hydrogen) atoms. The van der Waals surface area contributed by atoms with Crippen LogP contribution in [-0.4, -0.2) is 23.1 Å². The van der Waals surface area contributed by atoms with Crippen molar-refractivity contribution in [1.29, 1.82) is 0 Å². The van der Waals surface area contributed by atoms with Gasteiger partial charge < -0.3 is 11.1 Å². The lowest BCUT2D eigenvalue weighted by atomic mass is 10.2. The normalized spacial score (nSPS) is 10.4. The molecule has 0 radical (unpaired) electrons. The van der Waals surface area contributed by atoms with Gasteiger partial charge in [0.1, 0.15) is 0 Å². The van der Waals surface area contributed by atoms with Crippen LogP contribution in [0.1, 0.15) is 19.4 Å². The lowest BCUT2D eigenvalue weighted by molar-refractivity contribution is 0.296. The molecule has 0 fully saturated rings. The van der Waals surface area contributed by atoms with E-state index in [4.69, 9.17) is 18.0 Å². The van der Waals surface area contributed by atoms with E-state index < -0.39 is 0 Å². The molecule has 3 nitrogen and oxygen atoms in total. The maximum atomic E-state index is 5.40. The van der Waals surface area contributed by atoms with Crippen molar-refractivity contribution in [3.8, 4) is 0 Å². The highest BCUT2D eigenvalue weighted by molar-refractivity contribution is 7.80. The summed E-state index contributed by atoms with van der Waals surface area (Å²) in [6.45, 7) is 7.48. The predicted octanol–water partition coefficient (Wildman–Crippen LogP) is 2.18. The lowest BCUT2D eigenvalue weighted by Gasteiger charge is -2.18. The highest BCUT2D eigenvalue weighted by Crippen LogP contribution is 2.11. The maximum absolute atomic E-state index is 5.40. The third kappa shape index (κ3) is 4.16. The van der Waals surface area contributed by atoms with Crippen molar-refractivity contribution in [1.82, 2.24) is 4.90 Å². The zero-order valence-corrected chi connectivity index (χ0v) is 10.7. The van der Waals surface area contributed by atoms with Gasteiger partial charge in [-0.15, -0.1) is 0 Å². The first-order chi connectivity index (χ1) is 7.65. The number of benzene rings is 1. The van der Waals surface area contributed by atoms with Crippen LogP contribution in [-0.2, 0) is 6.54 Å². The Morgan fingerprint density at radius 1 is 1.25 bits per heavy atom. The van der Waals surface area contributed by atoms with Crippen molar-refractivity contribution in [2.45, 2.75) is 20.4 Å². The lowest BCUT2D eigenvalue weighted by Crippen LogP contribution is -2.22. The Morgan fingerprint density at radius 2 is 1.81 bits per heavy atom. The number of nitrogens with one attached hydrogen (secondary N) is 1. The first-order valence-corrected chi connectivity index (χ1v) is 5.94. The van der Waals surface area contributed by atoms with Gasteiger partial charge in [-0.25, -0.2) is 0 Å². The molecule has 0 atom stereocenters. The standard InChI is InChI=1S/C12H19N3S/c1-3-15(4-2)9-10-5-7-11(8-6-10)14-12(13)16/h5-8H,3-4,9H2,1-2H3,(H3,13,14,16). The molecule has 4 heteroatoms. The number of hydrogen-bond donors (Lipinski definition) is 2. The van der Waals surface area contributed by atoms with E-state index >= 15 is 0 Å². The average Bonchev–Trinajstić information content (AvgIpc) is 2.27. The average molecular weight is 237 g/mol. The second kappa shape index (κ2) is 6.45. The minimum atomic E-state index is 0.302. The highest BCUT2D eigenvalue weighted by atomic mass is 32.1. The minimum absolute atomic E-state index is 0.302. The third-order valence-corrected chi connectivity index (χ3v) is 2.62. The molecule has 0 saturated carbocycles. The van der Waals surface area contributed by atoms with Crippen molar-refractivity contribution < 1.29 is 0 Å². The van der Waals surface area contributed by atoms with Gasteiger partial charge in [-0.2, -0.15) is 0 Å². The molecule has 0 aromatic heterocycles. The summed E-state index contributed by atoms with van der Waals surface area (Å²) in [4.78, 5) is 2.37. The van der Waals surface area contributed by atoms with Crippen LogP contribution in [0.5, 0.6) is 0 Å². The molecule has 0 aliphatic rings. The second-order valence-electron chi connectivity index (χ2n) is 3.65. The molecule has 0 aliphatic heterocycles. The van der Waals surface area contributed by atoms with Gasteiger partial charge in [0.2, 0.25) is 0 Å². The molecular formula is C12H19N3S. The summed E-state index contributed by atoms with van der Waals surface area (Å²) in [5.41, 5.74) is 7.64. The van der Waals surface area contributed by atoms with Crippen LogP contribution in [0.3, 0.4) is 0 Å². The molecule has 0 aliphatic carbocycles. The third-order valence-electron chi connectivity index (χ3n) is 2.52. The number of rotatable bonds is 5. The molecule has 0 heterocycles. The van der Waals surface area contributed by atoms with E-state index in [2.05, 4.69) is 36.2 Å². The molecule has 1 aromatic carbocycles. The van der Waals surface area contributed by atoms with Gasteiger partial charge in [-0.3, -0.25) is 4.90 Å². The first-order valence-electron chi connectivity index (χ1n) is 5.53. The Kier molecular flexibility index (Phi) is 5.22. The van der Waals surface area contributed by atoms with Crippen LogP contribution in [0.2, 0.25) is 0 Å². The van der Waals surface area contributed by atoms with Crippen molar-refractivity contribution in [2.75, 3.05) is 18.4 Å². The molecule has 0 saturated heterocycles. The smallest absolute Gasteiger partial charge is 0.168 e. The summed E-state index contributed by atoms with van der Waals surface area (Å²) in [6.07, 6.45) is 0. The van der Waals surface area contributed by atoms with E-state index in [1.54, 1.807) is 0 Å². The molecule has 0 spiro atoms. The van der Waals surface area contributed by atoms with E-state index in [1.165, 1.54) is 5.56 Å². The van der Waals surface area contributed by atoms with Crippen LogP contribution in [0.15, 0.2) is 24.3 Å². The van der Waals surface area contributed by atoms with E-state index in [1.807, 2.05) is 12.1 Å². The molecular weight excluding hydrogens is 218 g/mol. The Bertz CT molecular complexity index is 331. The van der Waals surface area contributed by atoms with Gasteiger partial charge in [0.05, 0.1) is 0 Å². The summed E-state index contributed by atoms with van der Waals surface area (Å²) >= 11 is 4.78. The summed E-state index contributed by atoms with van der Waals surface area (Å²) in [6, 6.07) is 8.19. The quantitative estimate of drug-likeness (QED) is 0.770. The van der Waals surface area contributed by atoms with Gasteiger partial charge in [0.15, 0.2) is 5.11 Å². The highest BCUT2D eigenvalue weighted by Gasteiger charge is 2.01. The van der Waals surface area contributed by atoms with Gasteiger partial charge >= 0.3 is 0 Å². The fraction of sp³-hybridized carbons (Fsp3) is 0.417. The van der Waals surface area contributed by atoms with Gasteiger partial charge in [-0.1, -0.05) is 26.0 Å². The van der Waals surface area contributed by atoms with Crippen LogP contribution >= 0.6 is 12.2 Å². The zero-order valence-electron chi connectivity index (χ0n) is 9.86. The number of nitrogens with two attached hydrogens (primary N) is 1. The number of thiocarbonyl (C=S) groups is 1. The number of nitrogens with zero attached hydrogens (tertiary/aromatic N) is 1. The largest absolute Gasteiger partial charge is 0.376 e. The monoisotopic (exact) mass is 237 g/mol. The summed E-state index contributed by atoms with van der Waals surface area (Å²) in [5.74, 6) is 0. The fourth-order valence-electron chi connectivity index (χ4n) is 1.54. The van der Waals surface area contributed by atoms with Crippen LogP contribution in [0.4, 0.5) is 5.69 Å². The first kappa shape index (κ1) is 12.9. The summed E-state index contributed by atoms with van der Waals surface area (Å²) in [5, 5.41) is 3.21. The van der Waals surface area contributed by atoms with Crippen LogP contribution in [0, 0.1) is 0 Å². The van der Waals surface area contributed by atoms with Gasteiger partial charge in [-0.05, 0) is 43.0 Å². The molecule has 1 rings (SSSR count). The molecule has 0 unspecified atom stereocenters. The SMILES string of the molecule is CCN(CC)Cc1ccc(NC(N)=S)cc1. The Balaban J connectivity index is 2.60. The molecule has 1 aromatic rings. The van der Waals surface area contributed by atoms with E-state index in [-0.39, 0.29) is 0 Å². The van der Waals surface area contributed by atoms with E-state index in [0.29, 0.717) is 5.11 Å². The topological polar surface area (TPSA) is 41.3 Å². The van der Waals surface area contributed by atoms with Crippen LogP contribution < -0.4 is 11.1 Å². The van der Waals surface area contributed by atoms with Gasteiger partial charge in [0, 0.05) is 12.2 Å². The van der Waals surface area contributed by atoms with E-state index in [9.17, 15) is 0 Å². The Labute approximate surface area is 103 Å². The van der Waals surface area contributed by atoms with Crippen molar-refractivity contribution in [3.05, 3.63) is 29.8 Å². The maximum Gasteiger partial charge on any atom is 0.168 e. The van der Waals surface area contributed by atoms with E-state index in [0.717, 1.165) is 25.3 Å². The zero-order chi connectivity index (χ0) is 12.0. The fourth-order valence-corrected chi connectivity index (χ4v) is 1.66. The van der Waals surface area contributed by atoms with Crippen LogP contribution in [0.25, 0.3) is 0 Å². The Hall–Kier alpha value is -1.13. The van der Waals surface area contributed by atoms with Gasteiger partial charge in [0.25, 0.3) is 0 Å². The second-order valence-corrected chi connectivity index (χ2v) is 4.09. The van der Waals surface area contributed by atoms with Crippen molar-refractivity contribution in [3.63, 3.8) is 0 Å². The predicted molar refractivity (Wildman–Crippen MR) is 73.5 cm³/mol. The molecule has 3 N–H and O–H groups in total. The molecule has 88 valence electrons. The minimum Gasteiger partial charge on any atom is -0.376 e. The Morgan fingerprint density at radius 3 is 2.25 bits per heavy atom. The molecule has 0 amide bonds. The number of anilines is 1.